The first-order valence-corrected chi connectivity index (χ1v) is 5.03. The first-order valence-electron chi connectivity index (χ1n) is 5.03. The first-order chi connectivity index (χ1) is 8.35. The van der Waals surface area contributed by atoms with E-state index < -0.39 is 6.36 Å². The number of hydrogen-bond donors (Lipinski definition) is 1. The Labute approximate surface area is 101 Å². The number of benzene rings is 1. The highest BCUT2D eigenvalue weighted by Gasteiger charge is 2.30. The zero-order valence-corrected chi connectivity index (χ0v) is 9.40. The number of anilines is 1. The summed E-state index contributed by atoms with van der Waals surface area (Å²) in [5.41, 5.74) is 6.92. The lowest BCUT2D eigenvalue weighted by molar-refractivity contribution is -0.274. The van der Waals surface area contributed by atoms with Crippen molar-refractivity contribution in [3.8, 4) is 11.4 Å². The number of ether oxygens (including phenoxy) is 1. The number of nitrogen functional groups attached to an aromatic ring is 1. The van der Waals surface area contributed by atoms with Gasteiger partial charge < -0.3 is 10.5 Å². The molecular weight excluding hydrogens is 247 g/mol. The average molecular weight is 257 g/mol. The molecule has 2 N–H and O–H groups in total. The monoisotopic (exact) mass is 257 g/mol. The minimum Gasteiger partial charge on any atom is -0.406 e. The van der Waals surface area contributed by atoms with Crippen LogP contribution in [0, 0.1) is 6.92 Å². The summed E-state index contributed by atoms with van der Waals surface area (Å²) in [4.78, 5) is 0. The normalized spacial score (nSPS) is 11.6. The van der Waals surface area contributed by atoms with Crippen LogP contribution in [0.4, 0.5) is 19.0 Å². The molecule has 0 saturated carbocycles. The molecule has 18 heavy (non-hydrogen) atoms. The van der Waals surface area contributed by atoms with Crippen LogP contribution >= 0.6 is 0 Å². The summed E-state index contributed by atoms with van der Waals surface area (Å²) in [5.74, 6) is 0.0761. The lowest BCUT2D eigenvalue weighted by atomic mass is 10.3. The third-order valence-corrected chi connectivity index (χ3v) is 2.22. The maximum atomic E-state index is 12.0. The molecule has 1 aromatic carbocycles. The van der Waals surface area contributed by atoms with Gasteiger partial charge in [-0.25, -0.2) is 4.68 Å². The molecule has 0 fully saturated rings. The van der Waals surface area contributed by atoms with E-state index in [4.69, 9.17) is 5.73 Å². The summed E-state index contributed by atoms with van der Waals surface area (Å²) >= 11 is 0. The molecule has 4 nitrogen and oxygen atoms in total. The van der Waals surface area contributed by atoms with Crippen LogP contribution in [0.5, 0.6) is 5.75 Å². The van der Waals surface area contributed by atoms with E-state index in [9.17, 15) is 13.2 Å². The minimum atomic E-state index is -4.69. The van der Waals surface area contributed by atoms with E-state index in [1.165, 1.54) is 28.9 Å². The predicted molar refractivity (Wildman–Crippen MR) is 59.4 cm³/mol. The summed E-state index contributed by atoms with van der Waals surface area (Å²) in [6, 6.07) is 7.06. The summed E-state index contributed by atoms with van der Waals surface area (Å²) in [6.07, 6.45) is -4.69. The quantitative estimate of drug-likeness (QED) is 0.899. The number of hydrogen-bond acceptors (Lipinski definition) is 3. The molecule has 7 heteroatoms. The van der Waals surface area contributed by atoms with Gasteiger partial charge in [-0.1, -0.05) is 0 Å². The Balaban J connectivity index is 2.25. The number of nitrogens with two attached hydrogens (primary N) is 1. The van der Waals surface area contributed by atoms with Crippen LogP contribution in [0.1, 0.15) is 5.69 Å². The van der Waals surface area contributed by atoms with Gasteiger partial charge in [-0.05, 0) is 31.2 Å². The van der Waals surface area contributed by atoms with Gasteiger partial charge in [0, 0.05) is 11.8 Å². The van der Waals surface area contributed by atoms with Crippen molar-refractivity contribution in [2.75, 3.05) is 5.73 Å². The average Bonchev–Trinajstić information content (AvgIpc) is 2.57. The van der Waals surface area contributed by atoms with Gasteiger partial charge in [0.15, 0.2) is 0 Å². The zero-order chi connectivity index (χ0) is 13.3. The van der Waals surface area contributed by atoms with Gasteiger partial charge in [-0.2, -0.15) is 5.10 Å². The van der Waals surface area contributed by atoms with Crippen molar-refractivity contribution in [2.24, 2.45) is 0 Å². The molecule has 1 heterocycles. The molecule has 0 atom stereocenters. The molecule has 2 aromatic rings. The number of aryl methyl sites for hydroxylation is 1. The van der Waals surface area contributed by atoms with Crippen molar-refractivity contribution in [3.63, 3.8) is 0 Å². The van der Waals surface area contributed by atoms with Crippen molar-refractivity contribution >= 4 is 5.82 Å². The summed E-state index contributed by atoms with van der Waals surface area (Å²) in [6.45, 7) is 1.80. The Morgan fingerprint density at radius 1 is 1.22 bits per heavy atom. The smallest absolute Gasteiger partial charge is 0.406 e. The molecule has 0 amide bonds. The molecule has 0 unspecified atom stereocenters. The van der Waals surface area contributed by atoms with Crippen molar-refractivity contribution < 1.29 is 17.9 Å². The van der Waals surface area contributed by atoms with E-state index in [1.54, 1.807) is 13.0 Å². The van der Waals surface area contributed by atoms with Crippen LogP contribution < -0.4 is 10.5 Å². The SMILES string of the molecule is Cc1cc(N)nn1-c1ccc(OC(F)(F)F)cc1. The highest BCUT2D eigenvalue weighted by molar-refractivity contribution is 5.41. The minimum absolute atomic E-state index is 0.274. The van der Waals surface area contributed by atoms with E-state index in [1.807, 2.05) is 0 Å². The van der Waals surface area contributed by atoms with Gasteiger partial charge >= 0.3 is 6.36 Å². The van der Waals surface area contributed by atoms with Gasteiger partial charge in [0.1, 0.15) is 11.6 Å². The van der Waals surface area contributed by atoms with E-state index in [0.29, 0.717) is 11.5 Å². The molecule has 0 aliphatic carbocycles. The molecule has 0 radical (unpaired) electrons. The molecular formula is C11H10F3N3O. The van der Waals surface area contributed by atoms with E-state index in [-0.39, 0.29) is 5.75 Å². The van der Waals surface area contributed by atoms with Crippen molar-refractivity contribution in [2.45, 2.75) is 13.3 Å². The standard InChI is InChI=1S/C11H10F3N3O/c1-7-6-10(15)16-17(7)8-2-4-9(5-3-8)18-11(12,13)14/h2-6H,1H3,(H2,15,16). The fourth-order valence-electron chi connectivity index (χ4n) is 1.55. The number of rotatable bonds is 2. The number of nitrogens with zero attached hydrogens (tertiary/aromatic N) is 2. The van der Waals surface area contributed by atoms with E-state index in [2.05, 4.69) is 9.84 Å². The Morgan fingerprint density at radius 3 is 2.28 bits per heavy atom. The molecule has 0 spiro atoms. The maximum absolute atomic E-state index is 12.0. The van der Waals surface area contributed by atoms with Crippen molar-refractivity contribution in [1.82, 2.24) is 9.78 Å². The lowest BCUT2D eigenvalue weighted by Gasteiger charge is -2.09. The van der Waals surface area contributed by atoms with Crippen LogP contribution in [0.3, 0.4) is 0 Å². The van der Waals surface area contributed by atoms with E-state index in [0.717, 1.165) is 5.69 Å². The van der Waals surface area contributed by atoms with Gasteiger partial charge in [-0.15, -0.1) is 13.2 Å². The molecule has 1 aromatic heterocycles. The Hall–Kier alpha value is -2.18. The highest BCUT2D eigenvalue weighted by Crippen LogP contribution is 2.24. The fraction of sp³-hybridized carbons (Fsp3) is 0.182. The molecule has 0 aliphatic heterocycles. The Morgan fingerprint density at radius 2 is 1.83 bits per heavy atom. The number of halogens is 3. The van der Waals surface area contributed by atoms with Crippen molar-refractivity contribution in [3.05, 3.63) is 36.0 Å². The Kier molecular flexibility index (Phi) is 2.90. The summed E-state index contributed by atoms with van der Waals surface area (Å²) < 4.78 is 41.2. The summed E-state index contributed by atoms with van der Waals surface area (Å²) in [7, 11) is 0. The second-order valence-electron chi connectivity index (χ2n) is 3.66. The second-order valence-corrected chi connectivity index (χ2v) is 3.66. The number of alkyl halides is 3. The zero-order valence-electron chi connectivity index (χ0n) is 9.40. The van der Waals surface area contributed by atoms with Gasteiger partial charge in [0.25, 0.3) is 0 Å². The largest absolute Gasteiger partial charge is 0.573 e. The van der Waals surface area contributed by atoms with Crippen LogP contribution in [-0.2, 0) is 0 Å². The maximum Gasteiger partial charge on any atom is 0.573 e. The number of aromatic nitrogens is 2. The third kappa shape index (κ3) is 2.73. The molecule has 0 bridgehead atoms. The molecule has 96 valence electrons. The van der Waals surface area contributed by atoms with Gasteiger partial charge in [0.2, 0.25) is 0 Å². The Bertz CT molecular complexity index is 546. The van der Waals surface area contributed by atoms with Crippen LogP contribution in [0.2, 0.25) is 0 Å². The highest BCUT2D eigenvalue weighted by atomic mass is 19.4. The molecule has 0 aliphatic rings. The lowest BCUT2D eigenvalue weighted by Crippen LogP contribution is -2.17. The molecule has 0 saturated heterocycles. The predicted octanol–water partition coefficient (Wildman–Crippen LogP) is 2.66. The first kappa shape index (κ1) is 12.3. The van der Waals surface area contributed by atoms with Crippen molar-refractivity contribution in [1.29, 1.82) is 0 Å². The van der Waals surface area contributed by atoms with E-state index >= 15 is 0 Å². The van der Waals surface area contributed by atoms with Crippen LogP contribution in [-0.4, -0.2) is 16.1 Å². The second kappa shape index (κ2) is 4.25. The van der Waals surface area contributed by atoms with Gasteiger partial charge in [-0.3, -0.25) is 0 Å². The van der Waals surface area contributed by atoms with Gasteiger partial charge in [0.05, 0.1) is 5.69 Å². The van der Waals surface area contributed by atoms with Crippen LogP contribution in [0.15, 0.2) is 30.3 Å². The third-order valence-electron chi connectivity index (χ3n) is 2.22. The summed E-state index contributed by atoms with van der Waals surface area (Å²) in [5, 5.41) is 4.02. The van der Waals surface area contributed by atoms with Crippen LogP contribution in [0.25, 0.3) is 5.69 Å². The topological polar surface area (TPSA) is 53.1 Å². The molecule has 2 rings (SSSR count). The fourth-order valence-corrected chi connectivity index (χ4v) is 1.55.